The first-order chi connectivity index (χ1) is 15.7. The van der Waals surface area contributed by atoms with Crippen LogP contribution < -0.4 is 9.64 Å². The fourth-order valence-electron chi connectivity index (χ4n) is 3.66. The summed E-state index contributed by atoms with van der Waals surface area (Å²) in [6.07, 6.45) is -3.22. The second-order valence-electron chi connectivity index (χ2n) is 7.19. The van der Waals surface area contributed by atoms with Crippen LogP contribution >= 0.6 is 0 Å². The van der Waals surface area contributed by atoms with Crippen LogP contribution in [0.2, 0.25) is 0 Å². The van der Waals surface area contributed by atoms with Crippen LogP contribution in [-0.2, 0) is 15.8 Å². The summed E-state index contributed by atoms with van der Waals surface area (Å²) in [6, 6.07) is 12.0. The molecule has 1 amide bonds. The number of furan rings is 1. The number of aliphatic hydroxyl groups is 1. The van der Waals surface area contributed by atoms with Gasteiger partial charge in [-0.25, -0.2) is 0 Å². The third-order valence-electron chi connectivity index (χ3n) is 5.17. The Labute approximate surface area is 186 Å². The first-order valence-electron chi connectivity index (χ1n) is 9.97. The largest absolute Gasteiger partial charge is 0.507 e. The molecule has 3 aromatic rings. The van der Waals surface area contributed by atoms with Crippen LogP contribution in [0.1, 0.15) is 29.9 Å². The number of halogens is 3. The van der Waals surface area contributed by atoms with Gasteiger partial charge in [0.25, 0.3) is 11.7 Å². The van der Waals surface area contributed by atoms with Crippen LogP contribution in [0.5, 0.6) is 5.75 Å². The number of hydrogen-bond acceptors (Lipinski definition) is 5. The van der Waals surface area contributed by atoms with Gasteiger partial charge in [0.1, 0.15) is 23.3 Å². The zero-order valence-corrected chi connectivity index (χ0v) is 17.3. The lowest BCUT2D eigenvalue weighted by atomic mass is 9.99. The second kappa shape index (κ2) is 8.50. The Hall–Kier alpha value is -4.01. The fourth-order valence-corrected chi connectivity index (χ4v) is 3.66. The predicted octanol–water partition coefficient (Wildman–Crippen LogP) is 5.32. The van der Waals surface area contributed by atoms with Gasteiger partial charge in [-0.05, 0) is 67.6 Å². The number of alkyl halides is 3. The van der Waals surface area contributed by atoms with E-state index in [9.17, 15) is 27.9 Å². The molecule has 1 fully saturated rings. The van der Waals surface area contributed by atoms with Gasteiger partial charge in [-0.2, -0.15) is 13.2 Å². The number of hydrogen-bond donors (Lipinski definition) is 1. The second-order valence-corrected chi connectivity index (χ2v) is 7.19. The Balaban J connectivity index is 1.82. The molecule has 1 atom stereocenters. The Bertz CT molecular complexity index is 1200. The summed E-state index contributed by atoms with van der Waals surface area (Å²) in [7, 11) is 0. The van der Waals surface area contributed by atoms with E-state index in [4.69, 9.17) is 9.15 Å². The van der Waals surface area contributed by atoms with Crippen LogP contribution in [-0.4, -0.2) is 23.4 Å². The molecule has 33 heavy (non-hydrogen) atoms. The van der Waals surface area contributed by atoms with Crippen LogP contribution in [0.3, 0.4) is 0 Å². The van der Waals surface area contributed by atoms with E-state index in [0.717, 1.165) is 29.2 Å². The van der Waals surface area contributed by atoms with E-state index in [0.29, 0.717) is 12.4 Å². The molecule has 1 N–H and O–H groups in total. The quantitative estimate of drug-likeness (QED) is 0.319. The summed E-state index contributed by atoms with van der Waals surface area (Å²) in [4.78, 5) is 26.9. The predicted molar refractivity (Wildman–Crippen MR) is 113 cm³/mol. The maximum atomic E-state index is 13.0. The van der Waals surface area contributed by atoms with Crippen molar-refractivity contribution in [2.75, 3.05) is 11.5 Å². The molecule has 2 aromatic carbocycles. The summed E-state index contributed by atoms with van der Waals surface area (Å²) in [5.74, 6) is -1.69. The van der Waals surface area contributed by atoms with Crippen LogP contribution in [0.15, 0.2) is 76.9 Å². The molecule has 0 bridgehead atoms. The van der Waals surface area contributed by atoms with Crippen molar-refractivity contribution in [2.24, 2.45) is 0 Å². The highest BCUT2D eigenvalue weighted by Gasteiger charge is 2.48. The van der Waals surface area contributed by atoms with Crippen LogP contribution in [0.25, 0.3) is 5.76 Å². The van der Waals surface area contributed by atoms with E-state index in [1.807, 2.05) is 6.92 Å². The molecule has 0 aliphatic carbocycles. The van der Waals surface area contributed by atoms with Gasteiger partial charge in [-0.3, -0.25) is 14.5 Å². The zero-order valence-electron chi connectivity index (χ0n) is 17.3. The van der Waals surface area contributed by atoms with Crippen molar-refractivity contribution in [2.45, 2.75) is 19.1 Å². The Morgan fingerprint density at radius 1 is 1.06 bits per heavy atom. The number of benzene rings is 2. The summed E-state index contributed by atoms with van der Waals surface area (Å²) in [5, 5.41) is 11.0. The van der Waals surface area contributed by atoms with Gasteiger partial charge >= 0.3 is 6.18 Å². The number of carbonyl (C=O) groups is 2. The number of rotatable bonds is 5. The number of ether oxygens (including phenoxy) is 1. The average molecular weight is 457 g/mol. The molecule has 2 heterocycles. The van der Waals surface area contributed by atoms with Gasteiger partial charge < -0.3 is 14.3 Å². The zero-order chi connectivity index (χ0) is 23.8. The molecule has 170 valence electrons. The minimum atomic E-state index is -4.55. The molecule has 9 heteroatoms. The molecule has 0 saturated carbocycles. The van der Waals surface area contributed by atoms with Crippen molar-refractivity contribution in [3.63, 3.8) is 0 Å². The molecular weight excluding hydrogens is 439 g/mol. The number of ketones is 1. The van der Waals surface area contributed by atoms with Crippen LogP contribution in [0, 0.1) is 0 Å². The molecule has 1 aliphatic rings. The van der Waals surface area contributed by atoms with E-state index >= 15 is 0 Å². The lowest BCUT2D eigenvalue weighted by Crippen LogP contribution is -2.29. The van der Waals surface area contributed by atoms with Crippen molar-refractivity contribution >= 4 is 23.1 Å². The minimum Gasteiger partial charge on any atom is -0.507 e. The molecule has 1 aliphatic heterocycles. The summed E-state index contributed by atoms with van der Waals surface area (Å²) < 4.78 is 49.7. The van der Waals surface area contributed by atoms with E-state index in [-0.39, 0.29) is 22.6 Å². The van der Waals surface area contributed by atoms with Gasteiger partial charge in [-0.15, -0.1) is 0 Å². The fraction of sp³-hybridized carbons (Fsp3) is 0.167. The highest BCUT2D eigenvalue weighted by Crippen LogP contribution is 2.43. The molecular formula is C24H18F3NO5. The topological polar surface area (TPSA) is 80.0 Å². The average Bonchev–Trinajstić information content (AvgIpc) is 3.41. The highest BCUT2D eigenvalue weighted by atomic mass is 19.4. The van der Waals surface area contributed by atoms with Crippen molar-refractivity contribution < 1.29 is 37.0 Å². The van der Waals surface area contributed by atoms with Gasteiger partial charge in [0.15, 0.2) is 0 Å². The third-order valence-corrected chi connectivity index (χ3v) is 5.17. The Morgan fingerprint density at radius 2 is 1.73 bits per heavy atom. The molecule has 0 radical (unpaired) electrons. The van der Waals surface area contributed by atoms with Crippen molar-refractivity contribution in [3.8, 4) is 5.75 Å². The summed E-state index contributed by atoms with van der Waals surface area (Å²) >= 11 is 0. The summed E-state index contributed by atoms with van der Waals surface area (Å²) in [6.45, 7) is 2.27. The Morgan fingerprint density at radius 3 is 2.27 bits per heavy atom. The third kappa shape index (κ3) is 4.09. The number of aliphatic hydroxyl groups excluding tert-OH is 1. The minimum absolute atomic E-state index is 0.0530. The first kappa shape index (κ1) is 22.2. The Kier molecular flexibility index (Phi) is 5.71. The number of carbonyl (C=O) groups excluding carboxylic acids is 2. The standard InChI is InChI=1S/C24H18F3NO5/c1-2-32-17-11-5-14(6-12-17)21(29)19-20(18-4-3-13-33-18)28(23(31)22(19)30)16-9-7-15(8-10-16)24(25,26)27/h3-13,20,29H,2H2,1H3/b21-19-. The maximum Gasteiger partial charge on any atom is 0.416 e. The number of anilines is 1. The van der Waals surface area contributed by atoms with Crippen molar-refractivity contribution in [3.05, 3.63) is 89.4 Å². The lowest BCUT2D eigenvalue weighted by Gasteiger charge is -2.23. The van der Waals surface area contributed by atoms with Crippen molar-refractivity contribution in [1.82, 2.24) is 0 Å². The molecule has 1 unspecified atom stereocenters. The highest BCUT2D eigenvalue weighted by molar-refractivity contribution is 6.51. The van der Waals surface area contributed by atoms with Gasteiger partial charge in [0.2, 0.25) is 0 Å². The van der Waals surface area contributed by atoms with Gasteiger partial charge in [0, 0.05) is 11.3 Å². The first-order valence-corrected chi connectivity index (χ1v) is 9.97. The number of Topliss-reactive ketones (excluding diaryl/α,β-unsaturated/α-hetero) is 1. The smallest absolute Gasteiger partial charge is 0.416 e. The SMILES string of the molecule is CCOc1ccc(/C(O)=C2/C(=O)C(=O)N(c3ccc(C(F)(F)F)cc3)C2c2ccco2)cc1. The van der Waals surface area contributed by atoms with Gasteiger partial charge in [-0.1, -0.05) is 0 Å². The molecule has 6 nitrogen and oxygen atoms in total. The van der Waals surface area contributed by atoms with E-state index in [2.05, 4.69) is 0 Å². The lowest BCUT2D eigenvalue weighted by molar-refractivity contribution is -0.137. The van der Waals surface area contributed by atoms with E-state index in [1.165, 1.54) is 24.5 Å². The van der Waals surface area contributed by atoms with E-state index < -0.39 is 35.2 Å². The van der Waals surface area contributed by atoms with E-state index in [1.54, 1.807) is 18.2 Å². The molecule has 1 aromatic heterocycles. The number of amides is 1. The van der Waals surface area contributed by atoms with Crippen molar-refractivity contribution in [1.29, 1.82) is 0 Å². The molecule has 1 saturated heterocycles. The summed E-state index contributed by atoms with van der Waals surface area (Å²) in [5.41, 5.74) is -0.816. The van der Waals surface area contributed by atoms with Gasteiger partial charge in [0.05, 0.1) is 24.0 Å². The molecule has 4 rings (SSSR count). The number of nitrogens with zero attached hydrogens (tertiary/aromatic N) is 1. The van der Waals surface area contributed by atoms with Crippen LogP contribution in [0.4, 0.5) is 18.9 Å². The molecule has 0 spiro atoms. The normalized spacial score (nSPS) is 18.1. The monoisotopic (exact) mass is 457 g/mol. The maximum absolute atomic E-state index is 13.0.